The Morgan fingerprint density at radius 2 is 0.677 bits per heavy atom. The number of rotatable bonds is 5. The van der Waals surface area contributed by atoms with Gasteiger partial charge in [0.1, 0.15) is 0 Å². The molecule has 0 aliphatic heterocycles. The van der Waals surface area contributed by atoms with Gasteiger partial charge in [0.15, 0.2) is 0 Å². The van der Waals surface area contributed by atoms with Crippen molar-refractivity contribution in [2.75, 3.05) is 38.0 Å². The molecule has 0 spiro atoms. The standard InChI is InChI=1S/C29H30N2/c1-21-6-8-22(9-7-21)25-18-26(23-10-14-28(15-11-23)30(2)3)20-27(19-25)24-12-16-29(17-13-24)31(4)5/h6-20H,1-5H3. The van der Waals surface area contributed by atoms with E-state index in [9.17, 15) is 0 Å². The third-order valence-electron chi connectivity index (χ3n) is 5.75. The highest BCUT2D eigenvalue weighted by Crippen LogP contribution is 2.34. The SMILES string of the molecule is Cc1ccc(-c2cc(-c3ccc(N(C)C)cc3)cc(-c3ccc(N(C)C)cc3)c2)cc1. The molecule has 0 radical (unpaired) electrons. The molecule has 0 atom stereocenters. The molecule has 31 heavy (non-hydrogen) atoms. The Bertz CT molecular complexity index is 1080. The maximum absolute atomic E-state index is 2.30. The summed E-state index contributed by atoms with van der Waals surface area (Å²) in [4.78, 5) is 4.26. The van der Waals surface area contributed by atoms with Crippen LogP contribution in [0.2, 0.25) is 0 Å². The van der Waals surface area contributed by atoms with Crippen LogP contribution < -0.4 is 9.80 Å². The van der Waals surface area contributed by atoms with Gasteiger partial charge in [-0.3, -0.25) is 0 Å². The molecule has 0 bridgehead atoms. The topological polar surface area (TPSA) is 6.48 Å². The van der Waals surface area contributed by atoms with E-state index in [1.165, 1.54) is 50.3 Å². The van der Waals surface area contributed by atoms with Crippen LogP contribution >= 0.6 is 0 Å². The second-order valence-corrected chi connectivity index (χ2v) is 8.55. The van der Waals surface area contributed by atoms with Gasteiger partial charge in [0.25, 0.3) is 0 Å². The van der Waals surface area contributed by atoms with E-state index in [0.29, 0.717) is 0 Å². The highest BCUT2D eigenvalue weighted by Gasteiger charge is 2.08. The van der Waals surface area contributed by atoms with Crippen molar-refractivity contribution in [3.8, 4) is 33.4 Å². The molecule has 0 aliphatic carbocycles. The van der Waals surface area contributed by atoms with E-state index in [-0.39, 0.29) is 0 Å². The largest absolute Gasteiger partial charge is 0.378 e. The van der Waals surface area contributed by atoms with Crippen molar-refractivity contribution in [1.29, 1.82) is 0 Å². The number of hydrogen-bond donors (Lipinski definition) is 0. The van der Waals surface area contributed by atoms with Gasteiger partial charge in [-0.15, -0.1) is 0 Å². The molecule has 4 aromatic carbocycles. The summed E-state index contributed by atoms with van der Waals surface area (Å²) in [7, 11) is 8.29. The number of anilines is 2. The number of hydrogen-bond acceptors (Lipinski definition) is 2. The molecule has 0 saturated carbocycles. The Hall–Kier alpha value is -3.52. The molecule has 2 nitrogen and oxygen atoms in total. The number of aryl methyl sites for hydroxylation is 1. The molecule has 4 aromatic rings. The fraction of sp³-hybridized carbons (Fsp3) is 0.172. The van der Waals surface area contributed by atoms with Gasteiger partial charge in [-0.2, -0.15) is 0 Å². The maximum atomic E-state index is 2.30. The second-order valence-electron chi connectivity index (χ2n) is 8.55. The molecule has 0 N–H and O–H groups in total. The molecular weight excluding hydrogens is 376 g/mol. The summed E-state index contributed by atoms with van der Waals surface area (Å²) in [6, 6.07) is 33.2. The van der Waals surface area contributed by atoms with Gasteiger partial charge in [0, 0.05) is 39.6 Å². The Labute approximate surface area is 186 Å². The van der Waals surface area contributed by atoms with E-state index in [4.69, 9.17) is 0 Å². The van der Waals surface area contributed by atoms with Crippen LogP contribution in [-0.2, 0) is 0 Å². The van der Waals surface area contributed by atoms with E-state index in [0.717, 1.165) is 0 Å². The predicted octanol–water partition coefficient (Wildman–Crippen LogP) is 7.13. The number of benzene rings is 4. The lowest BCUT2D eigenvalue weighted by Crippen LogP contribution is -2.08. The van der Waals surface area contributed by atoms with Crippen LogP contribution in [-0.4, -0.2) is 28.2 Å². The number of nitrogens with zero attached hydrogens (tertiary/aromatic N) is 2. The van der Waals surface area contributed by atoms with Gasteiger partial charge in [-0.25, -0.2) is 0 Å². The summed E-state index contributed by atoms with van der Waals surface area (Å²) >= 11 is 0. The third-order valence-corrected chi connectivity index (χ3v) is 5.75. The Morgan fingerprint density at radius 1 is 0.387 bits per heavy atom. The first kappa shape index (κ1) is 20.7. The van der Waals surface area contributed by atoms with Crippen LogP contribution in [0.25, 0.3) is 33.4 Å². The summed E-state index contributed by atoms with van der Waals surface area (Å²) in [6.45, 7) is 2.13. The van der Waals surface area contributed by atoms with Gasteiger partial charge in [-0.05, 0) is 82.8 Å². The lowest BCUT2D eigenvalue weighted by atomic mass is 9.93. The van der Waals surface area contributed by atoms with Crippen molar-refractivity contribution < 1.29 is 0 Å². The highest BCUT2D eigenvalue weighted by atomic mass is 15.1. The van der Waals surface area contributed by atoms with Crippen LogP contribution in [0.1, 0.15) is 5.56 Å². The molecule has 156 valence electrons. The minimum absolute atomic E-state index is 1.21. The van der Waals surface area contributed by atoms with Crippen LogP contribution in [0.4, 0.5) is 11.4 Å². The van der Waals surface area contributed by atoms with E-state index in [2.05, 4.69) is 136 Å². The van der Waals surface area contributed by atoms with E-state index >= 15 is 0 Å². The quantitative estimate of drug-likeness (QED) is 0.348. The van der Waals surface area contributed by atoms with Crippen molar-refractivity contribution in [1.82, 2.24) is 0 Å². The monoisotopic (exact) mass is 406 g/mol. The van der Waals surface area contributed by atoms with Crippen molar-refractivity contribution in [2.45, 2.75) is 6.92 Å². The molecular formula is C29H30N2. The molecule has 0 aromatic heterocycles. The van der Waals surface area contributed by atoms with Crippen molar-refractivity contribution in [2.24, 2.45) is 0 Å². The second kappa shape index (κ2) is 8.69. The predicted molar refractivity (Wildman–Crippen MR) is 136 cm³/mol. The lowest BCUT2D eigenvalue weighted by Gasteiger charge is -2.15. The minimum Gasteiger partial charge on any atom is -0.378 e. The summed E-state index contributed by atoms with van der Waals surface area (Å²) in [5, 5.41) is 0. The molecule has 4 rings (SSSR count). The fourth-order valence-corrected chi connectivity index (χ4v) is 3.78. The normalized spacial score (nSPS) is 10.7. The average Bonchev–Trinajstić information content (AvgIpc) is 2.79. The van der Waals surface area contributed by atoms with Crippen LogP contribution in [0.15, 0.2) is 91.0 Å². The smallest absolute Gasteiger partial charge is 0.0361 e. The molecule has 0 saturated heterocycles. The molecule has 0 amide bonds. The molecule has 0 heterocycles. The highest BCUT2D eigenvalue weighted by molar-refractivity contribution is 5.82. The molecule has 2 heteroatoms. The van der Waals surface area contributed by atoms with Crippen LogP contribution in [0, 0.1) is 6.92 Å². The van der Waals surface area contributed by atoms with Gasteiger partial charge >= 0.3 is 0 Å². The van der Waals surface area contributed by atoms with E-state index in [1.807, 2.05) is 0 Å². The molecule has 0 fully saturated rings. The first-order valence-corrected chi connectivity index (χ1v) is 10.7. The van der Waals surface area contributed by atoms with E-state index in [1.54, 1.807) is 0 Å². The maximum Gasteiger partial charge on any atom is 0.0361 e. The Morgan fingerprint density at radius 3 is 0.968 bits per heavy atom. The van der Waals surface area contributed by atoms with Gasteiger partial charge in [0.05, 0.1) is 0 Å². The molecule has 0 unspecified atom stereocenters. The van der Waals surface area contributed by atoms with Gasteiger partial charge in [0.2, 0.25) is 0 Å². The first-order valence-electron chi connectivity index (χ1n) is 10.7. The Kier molecular flexibility index (Phi) is 5.81. The minimum atomic E-state index is 1.21. The zero-order valence-corrected chi connectivity index (χ0v) is 19.1. The van der Waals surface area contributed by atoms with E-state index < -0.39 is 0 Å². The summed E-state index contributed by atoms with van der Waals surface area (Å²) < 4.78 is 0. The zero-order valence-electron chi connectivity index (χ0n) is 19.1. The van der Waals surface area contributed by atoms with Crippen LogP contribution in [0.3, 0.4) is 0 Å². The summed E-state index contributed by atoms with van der Waals surface area (Å²) in [5.41, 5.74) is 11.1. The fourth-order valence-electron chi connectivity index (χ4n) is 3.78. The lowest BCUT2D eigenvalue weighted by molar-refractivity contribution is 1.13. The summed E-state index contributed by atoms with van der Waals surface area (Å²) in [6.07, 6.45) is 0. The molecule has 0 aliphatic rings. The van der Waals surface area contributed by atoms with Crippen molar-refractivity contribution in [3.05, 3.63) is 96.6 Å². The van der Waals surface area contributed by atoms with Gasteiger partial charge < -0.3 is 9.80 Å². The summed E-state index contributed by atoms with van der Waals surface area (Å²) in [5.74, 6) is 0. The Balaban J connectivity index is 1.83. The van der Waals surface area contributed by atoms with Crippen LogP contribution in [0.5, 0.6) is 0 Å². The first-order chi connectivity index (χ1) is 14.9. The average molecular weight is 407 g/mol. The zero-order chi connectivity index (χ0) is 22.0. The van der Waals surface area contributed by atoms with Crippen molar-refractivity contribution >= 4 is 11.4 Å². The van der Waals surface area contributed by atoms with Crippen molar-refractivity contribution in [3.63, 3.8) is 0 Å². The van der Waals surface area contributed by atoms with Gasteiger partial charge in [-0.1, -0.05) is 54.1 Å². The third kappa shape index (κ3) is 4.64.